The molecule has 3 rings (SSSR count). The summed E-state index contributed by atoms with van der Waals surface area (Å²) < 4.78 is 1.26. The van der Waals surface area contributed by atoms with Crippen molar-refractivity contribution in [2.24, 2.45) is 0 Å². The van der Waals surface area contributed by atoms with Gasteiger partial charge in [0.05, 0.1) is 21.3 Å². The van der Waals surface area contributed by atoms with Gasteiger partial charge < -0.3 is 10.4 Å². The highest BCUT2D eigenvalue weighted by Crippen LogP contribution is 2.28. The van der Waals surface area contributed by atoms with E-state index in [-0.39, 0.29) is 12.1 Å². The van der Waals surface area contributed by atoms with Crippen LogP contribution in [0.15, 0.2) is 18.2 Å². The highest BCUT2D eigenvalue weighted by molar-refractivity contribution is 7.18. The molecular weight excluding hydrogens is 268 g/mol. The van der Waals surface area contributed by atoms with E-state index in [0.29, 0.717) is 5.92 Å². The molecule has 0 saturated heterocycles. The van der Waals surface area contributed by atoms with Gasteiger partial charge in [-0.05, 0) is 37.0 Å². The van der Waals surface area contributed by atoms with Crippen molar-refractivity contribution in [1.29, 1.82) is 0 Å². The Morgan fingerprint density at radius 3 is 2.95 bits per heavy atom. The first-order chi connectivity index (χ1) is 9.63. The average Bonchev–Trinajstić information content (AvgIpc) is 3.01. The third-order valence-corrected chi connectivity index (χ3v) is 5.35. The Morgan fingerprint density at radius 1 is 1.40 bits per heavy atom. The summed E-state index contributed by atoms with van der Waals surface area (Å²) in [4.78, 5) is 4.71. The first-order valence-electron chi connectivity index (χ1n) is 7.44. The lowest BCUT2D eigenvalue weighted by Gasteiger charge is -2.16. The molecule has 0 amide bonds. The van der Waals surface area contributed by atoms with Crippen molar-refractivity contribution in [3.63, 3.8) is 0 Å². The molecular formula is C16H22N2OS. The molecule has 0 radical (unpaired) electrons. The third-order valence-electron chi connectivity index (χ3n) is 4.01. The van der Waals surface area contributed by atoms with E-state index in [2.05, 4.69) is 37.4 Å². The maximum Gasteiger partial charge on any atom is 0.0963 e. The molecule has 1 aliphatic rings. The van der Waals surface area contributed by atoms with Gasteiger partial charge in [-0.2, -0.15) is 0 Å². The van der Waals surface area contributed by atoms with Gasteiger partial charge in [0.15, 0.2) is 0 Å². The molecule has 108 valence electrons. The first-order valence-corrected chi connectivity index (χ1v) is 8.26. The number of nitrogens with zero attached hydrogens (tertiary/aromatic N) is 1. The smallest absolute Gasteiger partial charge is 0.0963 e. The number of aliphatic hydroxyl groups is 1. The van der Waals surface area contributed by atoms with Crippen molar-refractivity contribution in [1.82, 2.24) is 10.3 Å². The number of rotatable bonds is 4. The molecule has 1 aliphatic carbocycles. The van der Waals surface area contributed by atoms with Crippen molar-refractivity contribution >= 4 is 21.6 Å². The van der Waals surface area contributed by atoms with Crippen LogP contribution in [0.2, 0.25) is 0 Å². The van der Waals surface area contributed by atoms with Gasteiger partial charge in [0.25, 0.3) is 0 Å². The second kappa shape index (κ2) is 5.80. The molecule has 1 saturated carbocycles. The zero-order valence-electron chi connectivity index (χ0n) is 12.1. The lowest BCUT2D eigenvalue weighted by molar-refractivity contribution is 0.148. The van der Waals surface area contributed by atoms with Crippen molar-refractivity contribution in [2.75, 3.05) is 0 Å². The Bertz CT molecular complexity index is 593. The minimum Gasteiger partial charge on any atom is -0.392 e. The Morgan fingerprint density at radius 2 is 2.25 bits per heavy atom. The Hall–Kier alpha value is -0.970. The van der Waals surface area contributed by atoms with E-state index in [0.717, 1.165) is 31.3 Å². The second-order valence-electron chi connectivity index (χ2n) is 5.99. The first kappa shape index (κ1) is 14.0. The van der Waals surface area contributed by atoms with Gasteiger partial charge in [0.2, 0.25) is 0 Å². The SMILES string of the molecule is CC(C)c1nc2cc(CNC3CCCC3O)ccc2s1. The number of benzene rings is 1. The van der Waals surface area contributed by atoms with Crippen LogP contribution in [-0.4, -0.2) is 22.2 Å². The zero-order valence-corrected chi connectivity index (χ0v) is 12.9. The molecule has 1 fully saturated rings. The fraction of sp³-hybridized carbons (Fsp3) is 0.562. The highest BCUT2D eigenvalue weighted by Gasteiger charge is 2.24. The molecule has 2 N–H and O–H groups in total. The largest absolute Gasteiger partial charge is 0.392 e. The number of aliphatic hydroxyl groups excluding tert-OH is 1. The summed E-state index contributed by atoms with van der Waals surface area (Å²) in [5, 5.41) is 14.5. The normalized spacial score (nSPS) is 23.0. The third kappa shape index (κ3) is 2.87. The minimum atomic E-state index is -0.175. The maximum absolute atomic E-state index is 9.83. The van der Waals surface area contributed by atoms with Gasteiger partial charge in [-0.3, -0.25) is 0 Å². The number of hydrogen-bond donors (Lipinski definition) is 2. The minimum absolute atomic E-state index is 0.175. The number of fused-ring (bicyclic) bond motifs is 1. The molecule has 0 aliphatic heterocycles. The molecule has 1 aromatic heterocycles. The van der Waals surface area contributed by atoms with E-state index in [1.54, 1.807) is 11.3 Å². The summed E-state index contributed by atoms with van der Waals surface area (Å²) >= 11 is 1.79. The van der Waals surface area contributed by atoms with Crippen LogP contribution in [0.25, 0.3) is 10.2 Å². The summed E-state index contributed by atoms with van der Waals surface area (Å²) in [5.41, 5.74) is 2.35. The van der Waals surface area contributed by atoms with Gasteiger partial charge in [-0.15, -0.1) is 11.3 Å². The quantitative estimate of drug-likeness (QED) is 0.907. The lowest BCUT2D eigenvalue weighted by Crippen LogP contribution is -2.34. The number of hydrogen-bond acceptors (Lipinski definition) is 4. The molecule has 4 heteroatoms. The fourth-order valence-electron chi connectivity index (χ4n) is 2.78. The van der Waals surface area contributed by atoms with Gasteiger partial charge in [0.1, 0.15) is 0 Å². The van der Waals surface area contributed by atoms with Crippen LogP contribution in [0.3, 0.4) is 0 Å². The predicted octanol–water partition coefficient (Wildman–Crippen LogP) is 3.42. The summed E-state index contributed by atoms with van der Waals surface area (Å²) in [6.45, 7) is 5.18. The van der Waals surface area contributed by atoms with Crippen molar-refractivity contribution in [2.45, 2.75) is 57.7 Å². The summed E-state index contributed by atoms with van der Waals surface area (Å²) in [5.74, 6) is 0.489. The molecule has 2 atom stereocenters. The average molecular weight is 290 g/mol. The van der Waals surface area contributed by atoms with Gasteiger partial charge >= 0.3 is 0 Å². The molecule has 1 aromatic carbocycles. The molecule has 2 unspecified atom stereocenters. The van der Waals surface area contributed by atoms with Crippen LogP contribution in [-0.2, 0) is 6.54 Å². The van der Waals surface area contributed by atoms with E-state index in [1.165, 1.54) is 15.3 Å². The van der Waals surface area contributed by atoms with E-state index < -0.39 is 0 Å². The second-order valence-corrected chi connectivity index (χ2v) is 7.06. The maximum atomic E-state index is 9.83. The van der Waals surface area contributed by atoms with Crippen LogP contribution in [0.5, 0.6) is 0 Å². The fourth-order valence-corrected chi connectivity index (χ4v) is 3.73. The van der Waals surface area contributed by atoms with Crippen LogP contribution >= 0.6 is 11.3 Å². The van der Waals surface area contributed by atoms with Crippen LogP contribution in [0, 0.1) is 0 Å². The van der Waals surface area contributed by atoms with Crippen molar-refractivity contribution < 1.29 is 5.11 Å². The Kier molecular flexibility index (Phi) is 4.06. The summed E-state index contributed by atoms with van der Waals surface area (Å²) in [6, 6.07) is 6.76. The monoisotopic (exact) mass is 290 g/mol. The van der Waals surface area contributed by atoms with Crippen molar-refractivity contribution in [3.8, 4) is 0 Å². The number of thiazole rings is 1. The highest BCUT2D eigenvalue weighted by atomic mass is 32.1. The standard InChI is InChI=1S/C16H22N2OS/c1-10(2)16-18-13-8-11(6-7-15(13)20-16)9-17-12-4-3-5-14(12)19/h6-8,10,12,14,17,19H,3-5,9H2,1-2H3. The van der Waals surface area contributed by atoms with Gasteiger partial charge in [-0.1, -0.05) is 19.9 Å². The molecule has 1 heterocycles. The predicted molar refractivity (Wildman–Crippen MR) is 84.2 cm³/mol. The Labute approximate surface area is 124 Å². The Balaban J connectivity index is 1.72. The molecule has 2 aromatic rings. The number of nitrogens with one attached hydrogen (secondary N) is 1. The van der Waals surface area contributed by atoms with Gasteiger partial charge in [0, 0.05) is 18.5 Å². The van der Waals surface area contributed by atoms with Crippen LogP contribution < -0.4 is 5.32 Å². The molecule has 20 heavy (non-hydrogen) atoms. The van der Waals surface area contributed by atoms with E-state index in [1.807, 2.05) is 0 Å². The summed E-state index contributed by atoms with van der Waals surface area (Å²) in [6.07, 6.45) is 2.96. The summed E-state index contributed by atoms with van der Waals surface area (Å²) in [7, 11) is 0. The molecule has 0 bridgehead atoms. The van der Waals surface area contributed by atoms with Gasteiger partial charge in [-0.25, -0.2) is 4.98 Å². The zero-order chi connectivity index (χ0) is 14.1. The molecule has 3 nitrogen and oxygen atoms in total. The van der Waals surface area contributed by atoms with E-state index >= 15 is 0 Å². The van der Waals surface area contributed by atoms with E-state index in [9.17, 15) is 5.11 Å². The topological polar surface area (TPSA) is 45.2 Å². The van der Waals surface area contributed by atoms with E-state index in [4.69, 9.17) is 4.98 Å². The van der Waals surface area contributed by atoms with Crippen LogP contribution in [0.4, 0.5) is 0 Å². The van der Waals surface area contributed by atoms with Crippen molar-refractivity contribution in [3.05, 3.63) is 28.8 Å². The molecule has 0 spiro atoms. The number of aromatic nitrogens is 1. The van der Waals surface area contributed by atoms with Crippen LogP contribution in [0.1, 0.15) is 49.6 Å². The lowest BCUT2D eigenvalue weighted by atomic mass is 10.1.